The van der Waals surface area contributed by atoms with Gasteiger partial charge >= 0.3 is 5.97 Å². The van der Waals surface area contributed by atoms with Gasteiger partial charge in [-0.3, -0.25) is 0 Å². The van der Waals surface area contributed by atoms with Crippen LogP contribution in [0.25, 0.3) is 0 Å². The Morgan fingerprint density at radius 3 is 2.71 bits per heavy atom. The fourth-order valence-electron chi connectivity index (χ4n) is 2.19. The average molecular weight is 234 g/mol. The van der Waals surface area contributed by atoms with Gasteiger partial charge in [0.15, 0.2) is 0 Å². The van der Waals surface area contributed by atoms with Crippen LogP contribution in [-0.2, 0) is 0 Å². The molecule has 1 unspecified atom stereocenters. The van der Waals surface area contributed by atoms with Gasteiger partial charge in [0.05, 0.1) is 5.56 Å². The molecule has 1 atom stereocenters. The number of nitrogens with zero attached hydrogens (tertiary/aromatic N) is 1. The summed E-state index contributed by atoms with van der Waals surface area (Å²) in [7, 11) is 2.14. The Kier molecular flexibility index (Phi) is 3.64. The number of likely N-dealkylation sites (tertiary alicyclic amines) is 1. The van der Waals surface area contributed by atoms with E-state index in [4.69, 9.17) is 5.11 Å². The second kappa shape index (κ2) is 5.19. The van der Waals surface area contributed by atoms with Crippen LogP contribution in [0.15, 0.2) is 24.3 Å². The van der Waals surface area contributed by atoms with Crippen LogP contribution in [-0.4, -0.2) is 42.7 Å². The van der Waals surface area contributed by atoms with Gasteiger partial charge in [0, 0.05) is 18.8 Å². The van der Waals surface area contributed by atoms with Crippen molar-refractivity contribution in [1.82, 2.24) is 4.90 Å². The van der Waals surface area contributed by atoms with E-state index < -0.39 is 5.97 Å². The molecule has 92 valence electrons. The van der Waals surface area contributed by atoms with E-state index >= 15 is 0 Å². The number of rotatable bonds is 4. The Morgan fingerprint density at radius 1 is 1.47 bits per heavy atom. The van der Waals surface area contributed by atoms with Gasteiger partial charge in [-0.25, -0.2) is 4.79 Å². The van der Waals surface area contributed by atoms with Crippen LogP contribution in [0, 0.1) is 5.92 Å². The van der Waals surface area contributed by atoms with Crippen molar-refractivity contribution >= 4 is 11.7 Å². The fraction of sp³-hybridized carbons (Fsp3) is 0.462. The van der Waals surface area contributed by atoms with E-state index in [1.54, 1.807) is 12.1 Å². The van der Waals surface area contributed by atoms with Crippen molar-refractivity contribution in [2.24, 2.45) is 5.92 Å². The lowest BCUT2D eigenvalue weighted by Crippen LogP contribution is -2.19. The summed E-state index contributed by atoms with van der Waals surface area (Å²) < 4.78 is 0. The van der Waals surface area contributed by atoms with E-state index in [0.29, 0.717) is 11.5 Å². The minimum Gasteiger partial charge on any atom is -0.478 e. The third kappa shape index (κ3) is 3.20. The molecule has 0 spiro atoms. The minimum absolute atomic E-state index is 0.330. The molecule has 2 rings (SSSR count). The van der Waals surface area contributed by atoms with E-state index in [-0.39, 0.29) is 0 Å². The highest BCUT2D eigenvalue weighted by Crippen LogP contribution is 2.16. The van der Waals surface area contributed by atoms with Crippen molar-refractivity contribution in [2.75, 3.05) is 32.0 Å². The van der Waals surface area contributed by atoms with Crippen LogP contribution < -0.4 is 5.32 Å². The molecule has 0 amide bonds. The SMILES string of the molecule is CN1CCC(CNc2ccc(C(=O)O)cc2)C1. The Bertz CT molecular complexity index is 389. The molecule has 1 fully saturated rings. The van der Waals surface area contributed by atoms with Gasteiger partial charge in [-0.1, -0.05) is 0 Å². The second-order valence-electron chi connectivity index (χ2n) is 4.68. The molecular formula is C13H18N2O2. The largest absolute Gasteiger partial charge is 0.478 e. The van der Waals surface area contributed by atoms with Gasteiger partial charge in [0.2, 0.25) is 0 Å². The Morgan fingerprint density at radius 2 is 2.18 bits per heavy atom. The monoisotopic (exact) mass is 234 g/mol. The van der Waals surface area contributed by atoms with Crippen LogP contribution in [0.1, 0.15) is 16.8 Å². The molecule has 4 nitrogen and oxygen atoms in total. The molecule has 1 heterocycles. The highest BCUT2D eigenvalue weighted by Gasteiger charge is 2.18. The molecule has 1 aromatic carbocycles. The van der Waals surface area contributed by atoms with Gasteiger partial charge in [-0.15, -0.1) is 0 Å². The summed E-state index contributed by atoms with van der Waals surface area (Å²) >= 11 is 0. The topological polar surface area (TPSA) is 52.6 Å². The molecule has 0 saturated carbocycles. The van der Waals surface area contributed by atoms with E-state index in [2.05, 4.69) is 17.3 Å². The van der Waals surface area contributed by atoms with Crippen molar-refractivity contribution in [2.45, 2.75) is 6.42 Å². The molecule has 0 aromatic heterocycles. The van der Waals surface area contributed by atoms with E-state index in [1.807, 2.05) is 12.1 Å². The lowest BCUT2D eigenvalue weighted by atomic mass is 10.1. The molecule has 1 saturated heterocycles. The minimum atomic E-state index is -0.881. The molecular weight excluding hydrogens is 216 g/mol. The van der Waals surface area contributed by atoms with Crippen LogP contribution in [0.4, 0.5) is 5.69 Å². The highest BCUT2D eigenvalue weighted by atomic mass is 16.4. The molecule has 1 aliphatic heterocycles. The number of hydrogen-bond acceptors (Lipinski definition) is 3. The maximum atomic E-state index is 10.7. The number of benzene rings is 1. The summed E-state index contributed by atoms with van der Waals surface area (Å²) in [6.07, 6.45) is 1.23. The highest BCUT2D eigenvalue weighted by molar-refractivity contribution is 5.87. The Hall–Kier alpha value is -1.55. The molecule has 4 heteroatoms. The van der Waals surface area contributed by atoms with Gasteiger partial charge in [0.1, 0.15) is 0 Å². The molecule has 1 aromatic rings. The number of hydrogen-bond donors (Lipinski definition) is 2. The standard InChI is InChI=1S/C13H18N2O2/c1-15-7-6-10(9-15)8-14-12-4-2-11(3-5-12)13(16)17/h2-5,10,14H,6-9H2,1H3,(H,16,17). The summed E-state index contributed by atoms with van der Waals surface area (Å²) in [6, 6.07) is 6.90. The van der Waals surface area contributed by atoms with E-state index in [9.17, 15) is 4.79 Å². The summed E-state index contributed by atoms with van der Waals surface area (Å²) in [4.78, 5) is 13.0. The van der Waals surface area contributed by atoms with Crippen LogP contribution in [0.5, 0.6) is 0 Å². The molecule has 1 aliphatic rings. The quantitative estimate of drug-likeness (QED) is 0.833. The first kappa shape index (κ1) is 11.9. The number of carbonyl (C=O) groups is 1. The normalized spacial score (nSPS) is 20.4. The van der Waals surface area contributed by atoms with Crippen molar-refractivity contribution in [1.29, 1.82) is 0 Å². The predicted octanol–water partition coefficient (Wildman–Crippen LogP) is 1.75. The lowest BCUT2D eigenvalue weighted by Gasteiger charge is -2.12. The molecule has 17 heavy (non-hydrogen) atoms. The zero-order valence-corrected chi connectivity index (χ0v) is 10.0. The zero-order chi connectivity index (χ0) is 12.3. The van der Waals surface area contributed by atoms with Gasteiger partial charge in [-0.05, 0) is 50.2 Å². The van der Waals surface area contributed by atoms with Crippen LogP contribution >= 0.6 is 0 Å². The summed E-state index contributed by atoms with van der Waals surface area (Å²) in [6.45, 7) is 3.27. The van der Waals surface area contributed by atoms with Crippen molar-refractivity contribution in [3.05, 3.63) is 29.8 Å². The first-order chi connectivity index (χ1) is 8.15. The third-order valence-corrected chi connectivity index (χ3v) is 3.22. The summed E-state index contributed by atoms with van der Waals surface area (Å²) in [5.74, 6) is -0.187. The average Bonchev–Trinajstić information content (AvgIpc) is 2.73. The maximum Gasteiger partial charge on any atom is 0.335 e. The Balaban J connectivity index is 1.85. The molecule has 0 aliphatic carbocycles. The summed E-state index contributed by atoms with van der Waals surface area (Å²) in [5.41, 5.74) is 1.32. The fourth-order valence-corrected chi connectivity index (χ4v) is 2.19. The molecule has 0 radical (unpaired) electrons. The molecule has 2 N–H and O–H groups in total. The number of nitrogens with one attached hydrogen (secondary N) is 1. The summed E-state index contributed by atoms with van der Waals surface area (Å²) in [5, 5.41) is 12.1. The third-order valence-electron chi connectivity index (χ3n) is 3.22. The van der Waals surface area contributed by atoms with Crippen LogP contribution in [0.3, 0.4) is 0 Å². The van der Waals surface area contributed by atoms with E-state index in [0.717, 1.165) is 18.8 Å². The number of carboxylic acid groups (broad SMARTS) is 1. The van der Waals surface area contributed by atoms with Gasteiger partial charge < -0.3 is 15.3 Å². The van der Waals surface area contributed by atoms with Crippen molar-refractivity contribution in [3.8, 4) is 0 Å². The number of anilines is 1. The van der Waals surface area contributed by atoms with Gasteiger partial charge in [-0.2, -0.15) is 0 Å². The van der Waals surface area contributed by atoms with Crippen LogP contribution in [0.2, 0.25) is 0 Å². The second-order valence-corrected chi connectivity index (χ2v) is 4.68. The first-order valence-corrected chi connectivity index (χ1v) is 5.91. The van der Waals surface area contributed by atoms with Gasteiger partial charge in [0.25, 0.3) is 0 Å². The predicted molar refractivity (Wildman–Crippen MR) is 67.5 cm³/mol. The van der Waals surface area contributed by atoms with Crippen molar-refractivity contribution < 1.29 is 9.90 Å². The van der Waals surface area contributed by atoms with Crippen molar-refractivity contribution in [3.63, 3.8) is 0 Å². The Labute approximate surface area is 101 Å². The zero-order valence-electron chi connectivity index (χ0n) is 10.0. The number of carboxylic acids is 1. The van der Waals surface area contributed by atoms with E-state index in [1.165, 1.54) is 13.0 Å². The number of aromatic carboxylic acids is 1. The maximum absolute atomic E-state index is 10.7. The smallest absolute Gasteiger partial charge is 0.335 e. The molecule has 0 bridgehead atoms. The lowest BCUT2D eigenvalue weighted by molar-refractivity contribution is 0.0697. The first-order valence-electron chi connectivity index (χ1n) is 5.91.